The van der Waals surface area contributed by atoms with E-state index in [0.717, 1.165) is 55.7 Å². The number of rotatable bonds is 6. The summed E-state index contributed by atoms with van der Waals surface area (Å²) in [7, 11) is 0. The highest BCUT2D eigenvalue weighted by atomic mass is 32.1. The van der Waals surface area contributed by atoms with Crippen molar-refractivity contribution in [3.8, 4) is 33.4 Å². The summed E-state index contributed by atoms with van der Waals surface area (Å²) in [5.41, 5.74) is 11.8. The van der Waals surface area contributed by atoms with E-state index in [4.69, 9.17) is 4.42 Å². The second kappa shape index (κ2) is 12.2. The first-order valence-corrected chi connectivity index (χ1v) is 18.1. The summed E-state index contributed by atoms with van der Waals surface area (Å²) in [5.74, 6) is 0. The molecule has 2 aromatic heterocycles. The fraction of sp³-hybridized carbons (Fsp3) is 0. The van der Waals surface area contributed by atoms with Crippen molar-refractivity contribution in [3.63, 3.8) is 0 Å². The number of hydrogen-bond acceptors (Lipinski definition) is 3. The Morgan fingerprint density at radius 1 is 0.373 bits per heavy atom. The first-order chi connectivity index (χ1) is 25.3. The zero-order chi connectivity index (χ0) is 33.7. The van der Waals surface area contributed by atoms with Gasteiger partial charge in [0.15, 0.2) is 5.58 Å². The maximum Gasteiger partial charge on any atom is 0.160 e. The van der Waals surface area contributed by atoms with Gasteiger partial charge < -0.3 is 9.32 Å². The molecule has 2 heterocycles. The number of benzene rings is 8. The summed E-state index contributed by atoms with van der Waals surface area (Å²) in [5, 5.41) is 4.82. The molecule has 0 atom stereocenters. The van der Waals surface area contributed by atoms with Crippen LogP contribution in [0.25, 0.3) is 75.5 Å². The lowest BCUT2D eigenvalue weighted by atomic mass is 9.98. The third-order valence-electron chi connectivity index (χ3n) is 9.88. The first-order valence-electron chi connectivity index (χ1n) is 17.3. The van der Waals surface area contributed by atoms with Crippen LogP contribution in [0.2, 0.25) is 0 Å². The van der Waals surface area contributed by atoms with Gasteiger partial charge in [0.25, 0.3) is 0 Å². The maximum absolute atomic E-state index is 6.81. The van der Waals surface area contributed by atoms with Gasteiger partial charge in [-0.05, 0) is 82.4 Å². The standard InChI is InChI=1S/C48H31NOS/c1-3-12-32(13-4-1)35-16-11-17-38(30-35)49(37-25-22-33(23-26-37)36-24-29-46-43(31-36)41-19-8-10-21-45(41)51-46)47-39(34-14-5-2-6-15-34)27-28-42-40-18-7-9-20-44(40)50-48(42)47/h1-31H. The van der Waals surface area contributed by atoms with Crippen LogP contribution in [-0.2, 0) is 0 Å². The van der Waals surface area contributed by atoms with Crippen LogP contribution < -0.4 is 4.90 Å². The smallest absolute Gasteiger partial charge is 0.160 e. The summed E-state index contributed by atoms with van der Waals surface area (Å²) in [6.45, 7) is 0. The third kappa shape index (κ3) is 5.10. The van der Waals surface area contributed by atoms with Gasteiger partial charge in [-0.25, -0.2) is 0 Å². The zero-order valence-corrected chi connectivity index (χ0v) is 28.5. The highest BCUT2D eigenvalue weighted by Crippen LogP contribution is 2.48. The molecule has 0 radical (unpaired) electrons. The molecule has 0 bridgehead atoms. The highest BCUT2D eigenvalue weighted by molar-refractivity contribution is 7.25. The molecule has 8 aromatic carbocycles. The van der Waals surface area contributed by atoms with Gasteiger partial charge in [0.2, 0.25) is 0 Å². The van der Waals surface area contributed by atoms with Crippen molar-refractivity contribution in [1.29, 1.82) is 0 Å². The average Bonchev–Trinajstić information content (AvgIpc) is 3.77. The summed E-state index contributed by atoms with van der Waals surface area (Å²) in [6, 6.07) is 67.4. The fourth-order valence-electron chi connectivity index (χ4n) is 7.42. The molecule has 3 heteroatoms. The number of furan rings is 1. The molecule has 2 nitrogen and oxygen atoms in total. The minimum Gasteiger partial charge on any atom is -0.454 e. The van der Waals surface area contributed by atoms with E-state index in [1.807, 2.05) is 17.4 Å². The maximum atomic E-state index is 6.81. The number of nitrogens with zero attached hydrogens (tertiary/aromatic N) is 1. The van der Waals surface area contributed by atoms with Gasteiger partial charge in [0.1, 0.15) is 5.58 Å². The lowest BCUT2D eigenvalue weighted by Gasteiger charge is -2.28. The van der Waals surface area contributed by atoms with Gasteiger partial charge in [0.05, 0.1) is 5.69 Å². The van der Waals surface area contributed by atoms with Crippen molar-refractivity contribution < 1.29 is 4.42 Å². The van der Waals surface area contributed by atoms with Gasteiger partial charge in [-0.3, -0.25) is 0 Å². The molecule has 0 saturated heterocycles. The van der Waals surface area contributed by atoms with E-state index < -0.39 is 0 Å². The molecular weight excluding hydrogens is 639 g/mol. The number of hydrogen-bond donors (Lipinski definition) is 0. The second-order valence-corrected chi connectivity index (χ2v) is 14.0. The summed E-state index contributed by atoms with van der Waals surface area (Å²) >= 11 is 1.85. The van der Waals surface area contributed by atoms with E-state index in [2.05, 4.69) is 187 Å². The van der Waals surface area contributed by atoms with Gasteiger partial charge in [-0.2, -0.15) is 0 Å². The minimum absolute atomic E-state index is 0.863. The van der Waals surface area contributed by atoms with E-state index in [0.29, 0.717) is 0 Å². The number of para-hydroxylation sites is 1. The molecule has 51 heavy (non-hydrogen) atoms. The number of anilines is 3. The van der Waals surface area contributed by atoms with Crippen LogP contribution in [0.15, 0.2) is 192 Å². The van der Waals surface area contributed by atoms with Crippen molar-refractivity contribution in [1.82, 2.24) is 0 Å². The monoisotopic (exact) mass is 669 g/mol. The number of thiophene rings is 1. The van der Waals surface area contributed by atoms with E-state index in [-0.39, 0.29) is 0 Å². The molecule has 240 valence electrons. The topological polar surface area (TPSA) is 16.4 Å². The third-order valence-corrected chi connectivity index (χ3v) is 11.0. The number of fused-ring (bicyclic) bond motifs is 6. The van der Waals surface area contributed by atoms with Gasteiger partial charge in [-0.1, -0.05) is 133 Å². The molecule has 0 spiro atoms. The van der Waals surface area contributed by atoms with Crippen LogP contribution in [0.3, 0.4) is 0 Å². The quantitative estimate of drug-likeness (QED) is 0.175. The Bertz CT molecular complexity index is 2850. The van der Waals surface area contributed by atoms with Crippen molar-refractivity contribution >= 4 is 70.5 Å². The van der Waals surface area contributed by atoms with Crippen LogP contribution in [0.4, 0.5) is 17.1 Å². The van der Waals surface area contributed by atoms with E-state index >= 15 is 0 Å². The molecule has 0 amide bonds. The average molecular weight is 670 g/mol. The molecule has 0 aliphatic rings. The van der Waals surface area contributed by atoms with Crippen LogP contribution in [0, 0.1) is 0 Å². The molecule has 0 saturated carbocycles. The Labute approximate surface area is 300 Å². The molecular formula is C48H31NOS. The van der Waals surface area contributed by atoms with Crippen LogP contribution in [-0.4, -0.2) is 0 Å². The largest absolute Gasteiger partial charge is 0.454 e. The Hall–Kier alpha value is -6.42. The zero-order valence-electron chi connectivity index (χ0n) is 27.7. The summed E-state index contributed by atoms with van der Waals surface area (Å²) < 4.78 is 9.44. The second-order valence-electron chi connectivity index (χ2n) is 12.9. The molecule has 0 aliphatic carbocycles. The lowest BCUT2D eigenvalue weighted by molar-refractivity contribution is 0.669. The Kier molecular flexibility index (Phi) is 7.04. The predicted octanol–water partition coefficient (Wildman–Crippen LogP) is 14.4. The van der Waals surface area contributed by atoms with Crippen LogP contribution >= 0.6 is 11.3 Å². The Balaban J connectivity index is 1.20. The normalized spacial score (nSPS) is 11.5. The Morgan fingerprint density at radius 2 is 1.00 bits per heavy atom. The van der Waals surface area contributed by atoms with E-state index in [1.165, 1.54) is 36.9 Å². The summed E-state index contributed by atoms with van der Waals surface area (Å²) in [6.07, 6.45) is 0. The highest BCUT2D eigenvalue weighted by Gasteiger charge is 2.24. The van der Waals surface area contributed by atoms with Crippen LogP contribution in [0.1, 0.15) is 0 Å². The van der Waals surface area contributed by atoms with Crippen molar-refractivity contribution in [2.45, 2.75) is 0 Å². The van der Waals surface area contributed by atoms with Crippen molar-refractivity contribution in [3.05, 3.63) is 188 Å². The fourth-order valence-corrected chi connectivity index (χ4v) is 8.50. The van der Waals surface area contributed by atoms with Gasteiger partial charge in [-0.15, -0.1) is 11.3 Å². The molecule has 10 aromatic rings. The molecule has 0 unspecified atom stereocenters. The molecule has 0 N–H and O–H groups in total. The van der Waals surface area contributed by atoms with E-state index in [1.54, 1.807) is 0 Å². The predicted molar refractivity (Wildman–Crippen MR) is 218 cm³/mol. The lowest BCUT2D eigenvalue weighted by Crippen LogP contribution is -2.12. The van der Waals surface area contributed by atoms with Crippen molar-refractivity contribution in [2.75, 3.05) is 4.90 Å². The SMILES string of the molecule is c1ccc(-c2cccc(N(c3ccc(-c4ccc5sc6ccccc6c5c4)cc3)c3c(-c4ccccc4)ccc4c3oc3ccccc34)c2)cc1. The summed E-state index contributed by atoms with van der Waals surface area (Å²) in [4.78, 5) is 2.37. The van der Waals surface area contributed by atoms with Gasteiger partial charge >= 0.3 is 0 Å². The van der Waals surface area contributed by atoms with Gasteiger partial charge in [0, 0.05) is 47.9 Å². The van der Waals surface area contributed by atoms with E-state index in [9.17, 15) is 0 Å². The molecule has 0 aliphatic heterocycles. The Morgan fingerprint density at radius 3 is 1.82 bits per heavy atom. The minimum atomic E-state index is 0.863. The van der Waals surface area contributed by atoms with Crippen molar-refractivity contribution in [2.24, 2.45) is 0 Å². The molecule has 0 fully saturated rings. The van der Waals surface area contributed by atoms with Crippen LogP contribution in [0.5, 0.6) is 0 Å². The molecule has 10 rings (SSSR count). The first kappa shape index (κ1) is 29.5.